The van der Waals surface area contributed by atoms with E-state index in [9.17, 15) is 4.39 Å². The van der Waals surface area contributed by atoms with E-state index in [4.69, 9.17) is 22.6 Å². The zero-order chi connectivity index (χ0) is 9.14. The number of benzene rings is 1. The van der Waals surface area contributed by atoms with Crippen molar-refractivity contribution in [3.8, 4) is 6.07 Å². The Morgan fingerprint density at radius 3 is 2.83 bits per heavy atom. The maximum Gasteiger partial charge on any atom is 0.147 e. The Morgan fingerprint density at radius 2 is 2.25 bits per heavy atom. The summed E-state index contributed by atoms with van der Waals surface area (Å²) in [7, 11) is 0. The van der Waals surface area contributed by atoms with Crippen LogP contribution in [-0.4, -0.2) is 0 Å². The highest BCUT2D eigenvalue weighted by Crippen LogP contribution is 2.21. The Balaban J connectivity index is 3.18. The fraction of sp³-hybridized carbons (Fsp3) is 0.125. The molecule has 2 nitrogen and oxygen atoms in total. The van der Waals surface area contributed by atoms with E-state index in [1.54, 1.807) is 12.1 Å². The highest BCUT2D eigenvalue weighted by molar-refractivity contribution is 6.30. The van der Waals surface area contributed by atoms with Gasteiger partial charge in [0.2, 0.25) is 0 Å². The number of hydrogen-bond acceptors (Lipinski definition) is 2. The summed E-state index contributed by atoms with van der Waals surface area (Å²) in [5, 5.41) is 8.40. The average Bonchev–Trinajstić information content (AvgIpc) is 2.08. The van der Waals surface area contributed by atoms with Crippen LogP contribution in [0.4, 0.5) is 4.39 Å². The third-order valence-corrected chi connectivity index (χ3v) is 1.75. The van der Waals surface area contributed by atoms with Gasteiger partial charge >= 0.3 is 0 Å². The zero-order valence-corrected chi connectivity index (χ0v) is 6.85. The molecular formula is C8H6ClFN2. The first-order valence-electron chi connectivity index (χ1n) is 3.26. The summed E-state index contributed by atoms with van der Waals surface area (Å²) >= 11 is 5.47. The second-order valence-electron chi connectivity index (χ2n) is 2.25. The van der Waals surface area contributed by atoms with E-state index >= 15 is 0 Å². The van der Waals surface area contributed by atoms with Crippen molar-refractivity contribution in [3.05, 3.63) is 34.6 Å². The van der Waals surface area contributed by atoms with Crippen molar-refractivity contribution >= 4 is 11.6 Å². The van der Waals surface area contributed by atoms with Gasteiger partial charge < -0.3 is 5.73 Å². The highest BCUT2D eigenvalue weighted by Gasteiger charge is 2.11. The topological polar surface area (TPSA) is 49.8 Å². The minimum Gasteiger partial charge on any atom is -0.312 e. The molecule has 1 unspecified atom stereocenters. The molecule has 0 saturated carbocycles. The van der Waals surface area contributed by atoms with E-state index in [1.165, 1.54) is 12.1 Å². The highest BCUT2D eigenvalue weighted by atomic mass is 35.5. The van der Waals surface area contributed by atoms with Gasteiger partial charge in [-0.2, -0.15) is 5.26 Å². The maximum atomic E-state index is 13.1. The van der Waals surface area contributed by atoms with Crippen LogP contribution in [0.2, 0.25) is 5.02 Å². The fourth-order valence-electron chi connectivity index (χ4n) is 0.830. The van der Waals surface area contributed by atoms with Crippen LogP contribution in [-0.2, 0) is 0 Å². The minimum atomic E-state index is -0.955. The van der Waals surface area contributed by atoms with Gasteiger partial charge in [-0.1, -0.05) is 23.7 Å². The third-order valence-electron chi connectivity index (χ3n) is 1.46. The quantitative estimate of drug-likeness (QED) is 0.726. The van der Waals surface area contributed by atoms with Gasteiger partial charge in [-0.05, 0) is 6.07 Å². The fourth-order valence-corrected chi connectivity index (χ4v) is 1.01. The smallest absolute Gasteiger partial charge is 0.147 e. The van der Waals surface area contributed by atoms with Crippen molar-refractivity contribution in [1.29, 1.82) is 5.26 Å². The number of nitrogens with zero attached hydrogens (tertiary/aromatic N) is 1. The molecule has 0 radical (unpaired) electrons. The molecule has 12 heavy (non-hydrogen) atoms. The van der Waals surface area contributed by atoms with Gasteiger partial charge in [-0.15, -0.1) is 0 Å². The molecule has 0 aliphatic heterocycles. The van der Waals surface area contributed by atoms with Crippen LogP contribution in [0.5, 0.6) is 0 Å². The van der Waals surface area contributed by atoms with Gasteiger partial charge in [0.25, 0.3) is 0 Å². The molecule has 0 aliphatic carbocycles. The van der Waals surface area contributed by atoms with Gasteiger partial charge in [-0.3, -0.25) is 0 Å². The van der Waals surface area contributed by atoms with Crippen molar-refractivity contribution in [2.24, 2.45) is 5.73 Å². The van der Waals surface area contributed by atoms with Gasteiger partial charge in [0.1, 0.15) is 11.9 Å². The molecular weight excluding hydrogens is 179 g/mol. The molecule has 2 N–H and O–H groups in total. The molecule has 0 spiro atoms. The van der Waals surface area contributed by atoms with E-state index in [2.05, 4.69) is 0 Å². The summed E-state index contributed by atoms with van der Waals surface area (Å²) in [4.78, 5) is 0. The molecule has 62 valence electrons. The molecule has 0 saturated heterocycles. The zero-order valence-electron chi connectivity index (χ0n) is 6.09. The first-order valence-corrected chi connectivity index (χ1v) is 3.63. The van der Waals surface area contributed by atoms with Crippen LogP contribution in [0, 0.1) is 17.1 Å². The molecule has 1 rings (SSSR count). The summed E-state index contributed by atoms with van der Waals surface area (Å²) in [6.07, 6.45) is 0. The van der Waals surface area contributed by atoms with Crippen molar-refractivity contribution in [1.82, 2.24) is 0 Å². The standard InChI is InChI=1S/C8H6ClFN2/c9-6-3-1-2-5(8(6)10)7(12)4-11/h1-3,7H,12H2. The molecule has 0 amide bonds. The van der Waals surface area contributed by atoms with E-state index < -0.39 is 11.9 Å². The lowest BCUT2D eigenvalue weighted by molar-refractivity contribution is 0.604. The molecule has 0 fully saturated rings. The first kappa shape index (κ1) is 8.98. The lowest BCUT2D eigenvalue weighted by Crippen LogP contribution is -2.09. The molecule has 4 heteroatoms. The van der Waals surface area contributed by atoms with Crippen molar-refractivity contribution in [2.45, 2.75) is 6.04 Å². The summed E-state index contributed by atoms with van der Waals surface area (Å²) in [5.41, 5.74) is 5.43. The SMILES string of the molecule is N#CC(N)c1cccc(Cl)c1F. The second-order valence-corrected chi connectivity index (χ2v) is 2.66. The molecule has 1 aromatic rings. The first-order chi connectivity index (χ1) is 5.66. The van der Waals surface area contributed by atoms with Crippen LogP contribution >= 0.6 is 11.6 Å². The number of hydrogen-bond donors (Lipinski definition) is 1. The second kappa shape index (κ2) is 3.53. The van der Waals surface area contributed by atoms with Crippen LogP contribution in [0.1, 0.15) is 11.6 Å². The number of rotatable bonds is 1. The van der Waals surface area contributed by atoms with Gasteiger partial charge in [0.15, 0.2) is 0 Å². The summed E-state index contributed by atoms with van der Waals surface area (Å²) < 4.78 is 13.1. The van der Waals surface area contributed by atoms with E-state index in [0.717, 1.165) is 0 Å². The van der Waals surface area contributed by atoms with Crippen LogP contribution in [0.25, 0.3) is 0 Å². The third kappa shape index (κ3) is 1.55. The predicted octanol–water partition coefficient (Wildman–Crippen LogP) is 2.00. The number of nitrogens with two attached hydrogens (primary N) is 1. The predicted molar refractivity (Wildman–Crippen MR) is 44.0 cm³/mol. The van der Waals surface area contributed by atoms with E-state index in [1.807, 2.05) is 0 Å². The largest absolute Gasteiger partial charge is 0.312 e. The molecule has 0 bridgehead atoms. The van der Waals surface area contributed by atoms with Crippen LogP contribution < -0.4 is 5.73 Å². The molecule has 1 aromatic carbocycles. The Bertz CT molecular complexity index is 332. The van der Waals surface area contributed by atoms with Crippen LogP contribution in [0.3, 0.4) is 0 Å². The normalized spacial score (nSPS) is 12.2. The van der Waals surface area contributed by atoms with Crippen molar-refractivity contribution < 1.29 is 4.39 Å². The Hall–Kier alpha value is -1.11. The maximum absolute atomic E-state index is 13.1. The van der Waals surface area contributed by atoms with E-state index in [-0.39, 0.29) is 10.6 Å². The van der Waals surface area contributed by atoms with Crippen molar-refractivity contribution in [3.63, 3.8) is 0 Å². The lowest BCUT2D eigenvalue weighted by Gasteiger charge is -2.04. The number of halogens is 2. The van der Waals surface area contributed by atoms with E-state index in [0.29, 0.717) is 0 Å². The Kier molecular flexibility index (Phi) is 2.64. The minimum absolute atomic E-state index is 0.0156. The average molecular weight is 185 g/mol. The van der Waals surface area contributed by atoms with Gasteiger partial charge in [0.05, 0.1) is 11.1 Å². The molecule has 1 atom stereocenters. The van der Waals surface area contributed by atoms with Gasteiger partial charge in [-0.25, -0.2) is 4.39 Å². The summed E-state index contributed by atoms with van der Waals surface area (Å²) in [6, 6.07) is 5.17. The van der Waals surface area contributed by atoms with Crippen molar-refractivity contribution in [2.75, 3.05) is 0 Å². The molecule has 0 aromatic heterocycles. The van der Waals surface area contributed by atoms with Crippen LogP contribution in [0.15, 0.2) is 18.2 Å². The molecule has 0 aliphatic rings. The Morgan fingerprint density at radius 1 is 1.58 bits per heavy atom. The monoisotopic (exact) mass is 184 g/mol. The Labute approximate surface area is 74.4 Å². The molecule has 0 heterocycles. The van der Waals surface area contributed by atoms with Gasteiger partial charge in [0, 0.05) is 5.56 Å². The summed E-state index contributed by atoms with van der Waals surface area (Å²) in [5.74, 6) is -0.617. The summed E-state index contributed by atoms with van der Waals surface area (Å²) in [6.45, 7) is 0. The lowest BCUT2D eigenvalue weighted by atomic mass is 10.1. The number of nitriles is 1.